The van der Waals surface area contributed by atoms with Crippen LogP contribution in [0.4, 0.5) is 18.9 Å². The molecule has 0 N–H and O–H groups in total. The number of halogens is 4. The Labute approximate surface area is 228 Å². The second kappa shape index (κ2) is 10.1. The zero-order chi connectivity index (χ0) is 26.4. The van der Waals surface area contributed by atoms with E-state index in [1.165, 1.54) is 17.0 Å². The monoisotopic (exact) mass is 629 g/mol. The quantitative estimate of drug-likeness (QED) is 0.258. The predicted octanol–water partition coefficient (Wildman–Crippen LogP) is 3.07. The molecule has 5 nitrogen and oxygen atoms in total. The van der Waals surface area contributed by atoms with Gasteiger partial charge in [-0.25, -0.2) is 4.39 Å². The summed E-state index contributed by atoms with van der Waals surface area (Å²) in [6, 6.07) is 19.2. The van der Waals surface area contributed by atoms with E-state index in [1.54, 1.807) is 47.0 Å². The van der Waals surface area contributed by atoms with Crippen LogP contribution in [0.2, 0.25) is 0 Å². The Kier molecular flexibility index (Phi) is 6.63. The zero-order valence-electron chi connectivity index (χ0n) is 20.6. The maximum absolute atomic E-state index is 14.2. The summed E-state index contributed by atoms with van der Waals surface area (Å²) in [7, 11) is 1.78. The molecule has 1 saturated heterocycles. The Morgan fingerprint density at radius 3 is 2.55 bits per heavy atom. The second-order valence-electron chi connectivity index (χ2n) is 9.49. The van der Waals surface area contributed by atoms with Gasteiger partial charge in [0, 0.05) is 0 Å². The number of aromatic nitrogens is 2. The molecular formula is C29H25F3IN4O-. The van der Waals surface area contributed by atoms with Crippen molar-refractivity contribution >= 4 is 22.5 Å². The number of para-hydroxylation sites is 2. The number of carbonyl (C=O) groups is 1. The minimum atomic E-state index is -2.61. The van der Waals surface area contributed by atoms with Crippen LogP contribution in [0.3, 0.4) is 0 Å². The van der Waals surface area contributed by atoms with Crippen LogP contribution in [0.5, 0.6) is 0 Å². The van der Waals surface area contributed by atoms with E-state index < -0.39 is 27.8 Å². The average molecular weight is 629 g/mol. The molecule has 0 saturated carbocycles. The van der Waals surface area contributed by atoms with Crippen molar-refractivity contribution in [2.24, 2.45) is 13.0 Å². The third-order valence-corrected chi connectivity index (χ3v) is 9.80. The summed E-state index contributed by atoms with van der Waals surface area (Å²) in [4.78, 5) is 16.7. The molecule has 4 aromatic rings. The summed E-state index contributed by atoms with van der Waals surface area (Å²) in [5.41, 5.74) is 3.81. The van der Waals surface area contributed by atoms with E-state index in [0.29, 0.717) is 59.7 Å². The molecule has 1 aromatic heterocycles. The molecule has 0 radical (unpaired) electrons. The van der Waals surface area contributed by atoms with Gasteiger partial charge in [-0.05, 0) is 12.1 Å². The minimum absolute atomic E-state index is 0.0202. The van der Waals surface area contributed by atoms with Gasteiger partial charge >= 0.3 is 195 Å². The van der Waals surface area contributed by atoms with Gasteiger partial charge in [0.25, 0.3) is 0 Å². The number of carbonyl (C=O) groups excluding carboxylic acids is 1. The fraction of sp³-hybridized carbons (Fsp3) is 0.241. The molecule has 0 bridgehead atoms. The number of rotatable bonds is 4. The fourth-order valence-electron chi connectivity index (χ4n) is 5.46. The van der Waals surface area contributed by atoms with Gasteiger partial charge in [-0.15, -0.1) is 0 Å². The third kappa shape index (κ3) is 4.36. The first kappa shape index (κ1) is 25.0. The van der Waals surface area contributed by atoms with Crippen LogP contribution in [-0.2, 0) is 7.05 Å². The Bertz CT molecular complexity index is 1560. The number of likely N-dealkylation sites (tertiary alicyclic amines) is 1. The molecule has 0 spiro atoms. The van der Waals surface area contributed by atoms with Gasteiger partial charge in [0.1, 0.15) is 5.82 Å². The number of amides is 1. The standard InChI is InChI=1S/C29H25F3IN4O/c1-35-27-21(26(34-35)19-6-4-7-20(30)16-19)8-5-9-22(27)28(38)36-14-12-18(13-15-36)25-17-33-23-10-2-3-11-24(23)37(25)29(31)32/h2-11,16-18,29H,12-15H2,1H3/q-1. The summed E-state index contributed by atoms with van der Waals surface area (Å²) in [6.07, 6.45) is 1.26. The van der Waals surface area contributed by atoms with Crippen molar-refractivity contribution < 1.29 is 39.2 Å². The Morgan fingerprint density at radius 2 is 1.79 bits per heavy atom. The Morgan fingerprint density at radius 1 is 1.03 bits per heavy atom. The van der Waals surface area contributed by atoms with Crippen LogP contribution in [0.15, 0.2) is 76.5 Å². The molecule has 3 heterocycles. The van der Waals surface area contributed by atoms with Crippen LogP contribution in [0.1, 0.15) is 23.2 Å². The van der Waals surface area contributed by atoms with Crippen molar-refractivity contribution in [2.75, 3.05) is 18.0 Å². The van der Waals surface area contributed by atoms with Crippen LogP contribution in [0, 0.1) is 15.3 Å². The van der Waals surface area contributed by atoms with Crippen LogP contribution in [-0.4, -0.2) is 40.2 Å². The number of piperidine rings is 1. The number of hydrogen-bond donors (Lipinski definition) is 0. The number of aryl methyl sites for hydroxylation is 1. The first-order valence-electron chi connectivity index (χ1n) is 12.4. The Hall–Kier alpha value is -3.34. The number of hydrogen-bond acceptors (Lipinski definition) is 3. The van der Waals surface area contributed by atoms with E-state index in [1.807, 2.05) is 28.3 Å². The molecular weight excluding hydrogens is 604 g/mol. The van der Waals surface area contributed by atoms with E-state index >= 15 is 0 Å². The molecule has 0 aliphatic carbocycles. The van der Waals surface area contributed by atoms with Crippen LogP contribution in [0.25, 0.3) is 22.2 Å². The van der Waals surface area contributed by atoms with Crippen LogP contribution >= 0.6 is 0 Å². The maximum atomic E-state index is 14.2. The summed E-state index contributed by atoms with van der Waals surface area (Å²) >= 11 is -0.480. The molecule has 2 aliphatic rings. The second-order valence-corrected chi connectivity index (χ2v) is 11.9. The molecule has 1 amide bonds. The van der Waals surface area contributed by atoms with Gasteiger partial charge in [-0.1, -0.05) is 12.1 Å². The molecule has 1 fully saturated rings. The third-order valence-electron chi connectivity index (χ3n) is 7.26. The predicted molar refractivity (Wildman–Crippen MR) is 136 cm³/mol. The number of fused-ring (bicyclic) bond motifs is 2. The summed E-state index contributed by atoms with van der Waals surface area (Å²) in [6.45, 7) is -1.63. The number of nitrogens with zero attached hydrogens (tertiary/aromatic N) is 4. The van der Waals surface area contributed by atoms with Crippen molar-refractivity contribution in [3.8, 4) is 11.3 Å². The van der Waals surface area contributed by atoms with Gasteiger partial charge in [0.05, 0.1) is 0 Å². The van der Waals surface area contributed by atoms with Crippen molar-refractivity contribution in [1.82, 2.24) is 14.7 Å². The number of benzene rings is 3. The molecule has 6 rings (SSSR count). The zero-order valence-corrected chi connectivity index (χ0v) is 22.8. The molecule has 9 heteroatoms. The number of anilines is 1. The first-order chi connectivity index (χ1) is 18.4. The molecule has 196 valence electrons. The van der Waals surface area contributed by atoms with Crippen molar-refractivity contribution in [3.05, 3.63) is 91.5 Å². The van der Waals surface area contributed by atoms with Crippen molar-refractivity contribution in [3.63, 3.8) is 0 Å². The summed E-state index contributed by atoms with van der Waals surface area (Å²) in [5, 5.41) is 5.38. The number of allylic oxidation sites excluding steroid dienone is 1. The van der Waals surface area contributed by atoms with E-state index in [2.05, 4.69) is 5.10 Å². The van der Waals surface area contributed by atoms with E-state index in [9.17, 15) is 18.0 Å². The van der Waals surface area contributed by atoms with Crippen LogP contribution < -0.4 is 26.1 Å². The number of alkyl halides is 2. The van der Waals surface area contributed by atoms with Gasteiger partial charge in [0.2, 0.25) is 0 Å². The van der Waals surface area contributed by atoms with Gasteiger partial charge in [-0.2, -0.15) is 0 Å². The van der Waals surface area contributed by atoms with Crippen molar-refractivity contribution in [2.45, 2.75) is 19.4 Å². The summed E-state index contributed by atoms with van der Waals surface area (Å²) < 4.78 is 46.9. The van der Waals surface area contributed by atoms with Gasteiger partial charge in [-0.3, -0.25) is 0 Å². The molecule has 3 aromatic carbocycles. The van der Waals surface area contributed by atoms with Gasteiger partial charge < -0.3 is 0 Å². The van der Waals surface area contributed by atoms with E-state index in [0.717, 1.165) is 8.96 Å². The topological polar surface area (TPSA) is 41.4 Å². The fourth-order valence-corrected chi connectivity index (χ4v) is 8.09. The molecule has 38 heavy (non-hydrogen) atoms. The first-order valence-corrected chi connectivity index (χ1v) is 14.8. The SMILES string of the molecule is Cn1nc(-c2cccc(F)c2)c2cccc(C(=O)N3CCC(C4=C[I-]c5ccccc5N4C(F)F)CC3)c21. The normalized spacial score (nSPS) is 16.4. The van der Waals surface area contributed by atoms with E-state index in [-0.39, 0.29) is 17.6 Å². The average Bonchev–Trinajstić information content (AvgIpc) is 3.28. The Balaban J connectivity index is 1.24. The molecule has 0 atom stereocenters. The van der Waals surface area contributed by atoms with Crippen molar-refractivity contribution in [1.29, 1.82) is 0 Å². The van der Waals surface area contributed by atoms with Gasteiger partial charge in [0.15, 0.2) is 0 Å². The summed E-state index contributed by atoms with van der Waals surface area (Å²) in [5.74, 6) is -0.474. The van der Waals surface area contributed by atoms with E-state index in [4.69, 9.17) is 0 Å². The molecule has 0 unspecified atom stereocenters. The molecule has 2 aliphatic heterocycles.